The predicted octanol–water partition coefficient (Wildman–Crippen LogP) is 4.26. The maximum absolute atomic E-state index is 6.28. The van der Waals surface area contributed by atoms with Crippen molar-refractivity contribution in [1.29, 1.82) is 0 Å². The Morgan fingerprint density at radius 3 is 2.65 bits per heavy atom. The van der Waals surface area contributed by atoms with E-state index in [1.54, 1.807) is 0 Å². The summed E-state index contributed by atoms with van der Waals surface area (Å²) >= 11 is 6.28. The number of hydrogen-bond donors (Lipinski definition) is 1. The summed E-state index contributed by atoms with van der Waals surface area (Å²) < 4.78 is 0. The lowest BCUT2D eigenvalue weighted by molar-refractivity contribution is 0.251. The maximum atomic E-state index is 6.28. The van der Waals surface area contributed by atoms with Gasteiger partial charge in [-0.15, -0.1) is 0 Å². The third-order valence-corrected chi connectivity index (χ3v) is 4.86. The highest BCUT2D eigenvalue weighted by Crippen LogP contribution is 2.25. The lowest BCUT2D eigenvalue weighted by Crippen LogP contribution is -2.37. The summed E-state index contributed by atoms with van der Waals surface area (Å²) in [6.45, 7) is 4.35. The van der Waals surface area contributed by atoms with E-state index in [0.717, 1.165) is 24.2 Å². The van der Waals surface area contributed by atoms with Crippen molar-refractivity contribution in [3.63, 3.8) is 0 Å². The fraction of sp³-hybridized carbons (Fsp3) is 0.647. The van der Waals surface area contributed by atoms with Crippen LogP contribution >= 0.6 is 11.6 Å². The Balaban J connectivity index is 1.76. The zero-order chi connectivity index (χ0) is 14.4. The van der Waals surface area contributed by atoms with Crippen molar-refractivity contribution < 1.29 is 0 Å². The Labute approximate surface area is 128 Å². The molecule has 0 aromatic heterocycles. The molecule has 0 bridgehead atoms. The second-order valence-electron chi connectivity index (χ2n) is 5.97. The van der Waals surface area contributed by atoms with Crippen LogP contribution in [-0.2, 0) is 0 Å². The monoisotopic (exact) mass is 294 g/mol. The number of nitrogens with zero attached hydrogens (tertiary/aromatic N) is 1. The van der Waals surface area contributed by atoms with Gasteiger partial charge in [0, 0.05) is 30.2 Å². The Morgan fingerprint density at radius 2 is 1.95 bits per heavy atom. The smallest absolute Gasteiger partial charge is 0.0453 e. The molecule has 3 heteroatoms. The molecule has 0 radical (unpaired) electrons. The van der Waals surface area contributed by atoms with Gasteiger partial charge >= 0.3 is 0 Å². The van der Waals surface area contributed by atoms with Crippen LogP contribution in [0.2, 0.25) is 5.02 Å². The number of rotatable bonds is 6. The van der Waals surface area contributed by atoms with Crippen molar-refractivity contribution in [3.05, 3.63) is 34.9 Å². The molecule has 1 saturated carbocycles. The van der Waals surface area contributed by atoms with E-state index in [1.165, 1.54) is 37.7 Å². The molecule has 1 N–H and O–H groups in total. The fourth-order valence-electron chi connectivity index (χ4n) is 3.00. The van der Waals surface area contributed by atoms with E-state index < -0.39 is 0 Å². The molecule has 0 spiro atoms. The average molecular weight is 295 g/mol. The van der Waals surface area contributed by atoms with E-state index in [1.807, 2.05) is 12.1 Å². The molecular weight excluding hydrogens is 268 g/mol. The number of hydrogen-bond acceptors (Lipinski definition) is 2. The van der Waals surface area contributed by atoms with Gasteiger partial charge in [-0.25, -0.2) is 0 Å². The van der Waals surface area contributed by atoms with Crippen LogP contribution in [0, 0.1) is 0 Å². The van der Waals surface area contributed by atoms with Gasteiger partial charge in [-0.3, -0.25) is 4.90 Å². The van der Waals surface area contributed by atoms with Crippen LogP contribution in [0.5, 0.6) is 0 Å². The third-order valence-electron chi connectivity index (χ3n) is 4.52. The van der Waals surface area contributed by atoms with Crippen LogP contribution in [-0.4, -0.2) is 31.1 Å². The van der Waals surface area contributed by atoms with Gasteiger partial charge in [-0.05, 0) is 38.4 Å². The molecule has 1 atom stereocenters. The molecule has 1 aliphatic carbocycles. The first-order valence-electron chi connectivity index (χ1n) is 7.86. The molecule has 2 rings (SSSR count). The molecule has 1 fully saturated rings. The number of nitrogens with one attached hydrogen (secondary N) is 1. The summed E-state index contributed by atoms with van der Waals surface area (Å²) in [6, 6.07) is 9.25. The molecule has 0 saturated heterocycles. The summed E-state index contributed by atoms with van der Waals surface area (Å²) in [4.78, 5) is 2.37. The van der Waals surface area contributed by atoms with Crippen molar-refractivity contribution in [1.82, 2.24) is 10.2 Å². The molecular formula is C17H27ClN2. The van der Waals surface area contributed by atoms with Crippen LogP contribution in [0.15, 0.2) is 24.3 Å². The van der Waals surface area contributed by atoms with Gasteiger partial charge in [0.15, 0.2) is 0 Å². The third kappa shape index (κ3) is 4.47. The van der Waals surface area contributed by atoms with E-state index in [9.17, 15) is 0 Å². The van der Waals surface area contributed by atoms with E-state index in [4.69, 9.17) is 11.6 Å². The molecule has 20 heavy (non-hydrogen) atoms. The van der Waals surface area contributed by atoms with E-state index in [-0.39, 0.29) is 0 Å². The minimum Gasteiger partial charge on any atom is -0.313 e. The minimum absolute atomic E-state index is 0.358. The van der Waals surface area contributed by atoms with Crippen LogP contribution in [0.4, 0.5) is 0 Å². The topological polar surface area (TPSA) is 15.3 Å². The van der Waals surface area contributed by atoms with Gasteiger partial charge < -0.3 is 5.32 Å². The molecule has 1 aromatic rings. The molecule has 0 amide bonds. The van der Waals surface area contributed by atoms with Crippen molar-refractivity contribution in [2.45, 2.75) is 51.1 Å². The first-order valence-corrected chi connectivity index (χ1v) is 8.24. The Hall–Kier alpha value is -0.570. The van der Waals surface area contributed by atoms with Crippen molar-refractivity contribution in [3.8, 4) is 0 Å². The lowest BCUT2D eigenvalue weighted by atomic mass is 9.95. The highest BCUT2D eigenvalue weighted by molar-refractivity contribution is 6.31. The highest BCUT2D eigenvalue weighted by atomic mass is 35.5. The molecule has 2 nitrogen and oxygen atoms in total. The number of halogens is 1. The highest BCUT2D eigenvalue weighted by Gasteiger charge is 2.15. The molecule has 112 valence electrons. The summed E-state index contributed by atoms with van der Waals surface area (Å²) in [5.74, 6) is 0. The first-order chi connectivity index (χ1) is 9.68. The van der Waals surface area contributed by atoms with Gasteiger partial charge in [-0.1, -0.05) is 49.1 Å². The van der Waals surface area contributed by atoms with E-state index >= 15 is 0 Å². The zero-order valence-electron chi connectivity index (χ0n) is 12.7. The minimum atomic E-state index is 0.358. The zero-order valence-corrected chi connectivity index (χ0v) is 13.5. The average Bonchev–Trinajstić information content (AvgIpc) is 2.48. The fourth-order valence-corrected chi connectivity index (χ4v) is 3.29. The summed E-state index contributed by atoms with van der Waals surface area (Å²) in [5, 5.41) is 4.57. The van der Waals surface area contributed by atoms with Crippen LogP contribution in [0.3, 0.4) is 0 Å². The standard InChI is InChI=1S/C17H27ClN2/c1-14(16-10-6-7-11-17(16)18)20(2)13-12-19-15-8-4-3-5-9-15/h6-7,10-11,14-15,19H,3-5,8-9,12-13H2,1-2H3. The summed E-state index contributed by atoms with van der Waals surface area (Å²) in [6.07, 6.45) is 6.91. The molecule has 1 aliphatic rings. The second-order valence-corrected chi connectivity index (χ2v) is 6.37. The second kappa shape index (κ2) is 8.02. The number of benzene rings is 1. The Kier molecular flexibility index (Phi) is 6.34. The van der Waals surface area contributed by atoms with Crippen molar-refractivity contribution in [2.75, 3.05) is 20.1 Å². The molecule has 1 unspecified atom stereocenters. The van der Waals surface area contributed by atoms with Gasteiger partial charge in [0.25, 0.3) is 0 Å². The van der Waals surface area contributed by atoms with Gasteiger partial charge in [0.1, 0.15) is 0 Å². The Bertz CT molecular complexity index is 402. The van der Waals surface area contributed by atoms with Crippen molar-refractivity contribution >= 4 is 11.6 Å². The summed E-state index contributed by atoms with van der Waals surface area (Å²) in [5.41, 5.74) is 1.22. The predicted molar refractivity (Wildman–Crippen MR) is 87.4 cm³/mol. The number of likely N-dealkylation sites (N-methyl/N-ethyl adjacent to an activating group) is 1. The first kappa shape index (κ1) is 15.8. The normalized spacial score (nSPS) is 18.4. The van der Waals surface area contributed by atoms with E-state index in [0.29, 0.717) is 6.04 Å². The molecule has 1 aromatic carbocycles. The van der Waals surface area contributed by atoms with E-state index in [2.05, 4.69) is 36.3 Å². The largest absolute Gasteiger partial charge is 0.313 e. The van der Waals surface area contributed by atoms with Crippen LogP contribution in [0.1, 0.15) is 50.6 Å². The van der Waals surface area contributed by atoms with Gasteiger partial charge in [-0.2, -0.15) is 0 Å². The Morgan fingerprint density at radius 1 is 1.25 bits per heavy atom. The molecule has 0 heterocycles. The lowest BCUT2D eigenvalue weighted by Gasteiger charge is -2.28. The van der Waals surface area contributed by atoms with Crippen LogP contribution in [0.25, 0.3) is 0 Å². The SMILES string of the molecule is CC(c1ccccc1Cl)N(C)CCNC1CCCCC1. The quantitative estimate of drug-likeness (QED) is 0.843. The van der Waals surface area contributed by atoms with Crippen molar-refractivity contribution in [2.24, 2.45) is 0 Å². The molecule has 0 aliphatic heterocycles. The van der Waals surface area contributed by atoms with Gasteiger partial charge in [0.05, 0.1) is 0 Å². The maximum Gasteiger partial charge on any atom is 0.0453 e. The van der Waals surface area contributed by atoms with Gasteiger partial charge in [0.2, 0.25) is 0 Å². The summed E-state index contributed by atoms with van der Waals surface area (Å²) in [7, 11) is 2.18. The van der Waals surface area contributed by atoms with Crippen LogP contribution < -0.4 is 5.32 Å².